The largest absolute Gasteiger partial charge is 0.463 e. The highest BCUT2D eigenvalue weighted by Crippen LogP contribution is 2.39. The van der Waals surface area contributed by atoms with Gasteiger partial charge in [-0.1, -0.05) is 50.2 Å². The quantitative estimate of drug-likeness (QED) is 0.330. The Morgan fingerprint density at radius 2 is 1.47 bits per heavy atom. The molecule has 8 heteroatoms. The number of carbonyl (C=O) groups is 3. The third-order valence-electron chi connectivity index (χ3n) is 7.31. The molecule has 4 aromatic rings. The van der Waals surface area contributed by atoms with Gasteiger partial charge in [-0.05, 0) is 18.6 Å². The number of amides is 2. The van der Waals surface area contributed by atoms with Crippen LogP contribution >= 0.6 is 0 Å². The fourth-order valence-corrected chi connectivity index (χ4v) is 5.39. The lowest BCUT2D eigenvalue weighted by Crippen LogP contribution is -2.26. The van der Waals surface area contributed by atoms with Crippen molar-refractivity contribution in [3.63, 3.8) is 0 Å². The predicted molar refractivity (Wildman–Crippen MR) is 144 cm³/mol. The van der Waals surface area contributed by atoms with E-state index in [0.717, 1.165) is 32.9 Å². The topological polar surface area (TPSA) is 91.6 Å². The number of imide groups is 1. The molecule has 2 aliphatic heterocycles. The first-order valence-corrected chi connectivity index (χ1v) is 13.0. The van der Waals surface area contributed by atoms with Gasteiger partial charge in [0.25, 0.3) is 11.8 Å². The standard InChI is InChI=1S/C30H29N3O5/c1-18(2)30(36)38-17-19-11-12-32-15-22(20-7-3-5-9-24(20)32)26-27(29(35)31-28(26)34)23-16-33(13-14-37-19)25-10-6-4-8-21(23)25/h3-10,15-16,18-19H,11-14,17H2,1-2H3,(H,31,34,35)/t19-/m0/s1. The molecule has 0 saturated heterocycles. The molecule has 0 spiro atoms. The highest BCUT2D eigenvalue weighted by Gasteiger charge is 2.35. The van der Waals surface area contributed by atoms with Gasteiger partial charge in [-0.3, -0.25) is 19.7 Å². The van der Waals surface area contributed by atoms with E-state index in [-0.39, 0.29) is 30.5 Å². The van der Waals surface area contributed by atoms with Crippen LogP contribution < -0.4 is 5.32 Å². The Balaban J connectivity index is 1.52. The summed E-state index contributed by atoms with van der Waals surface area (Å²) in [5.41, 5.74) is 4.13. The summed E-state index contributed by atoms with van der Waals surface area (Å²) in [5, 5.41) is 4.33. The van der Waals surface area contributed by atoms with E-state index in [0.29, 0.717) is 37.3 Å². The average molecular weight is 512 g/mol. The molecule has 2 aromatic heterocycles. The first-order chi connectivity index (χ1) is 18.4. The van der Waals surface area contributed by atoms with Crippen molar-refractivity contribution in [2.24, 2.45) is 5.92 Å². The zero-order valence-electron chi connectivity index (χ0n) is 21.4. The second-order valence-electron chi connectivity index (χ2n) is 10.1. The van der Waals surface area contributed by atoms with Crippen LogP contribution in [0.3, 0.4) is 0 Å². The maximum Gasteiger partial charge on any atom is 0.308 e. The Labute approximate surface area is 219 Å². The van der Waals surface area contributed by atoms with Gasteiger partial charge in [0.1, 0.15) is 6.61 Å². The predicted octanol–water partition coefficient (Wildman–Crippen LogP) is 4.15. The van der Waals surface area contributed by atoms with Gasteiger partial charge in [0.2, 0.25) is 0 Å². The number of para-hydroxylation sites is 2. The van der Waals surface area contributed by atoms with Gasteiger partial charge in [0.05, 0.1) is 29.8 Å². The number of nitrogens with zero attached hydrogens (tertiary/aromatic N) is 2. The van der Waals surface area contributed by atoms with Crippen molar-refractivity contribution in [1.82, 2.24) is 14.5 Å². The van der Waals surface area contributed by atoms with Gasteiger partial charge in [0, 0.05) is 58.4 Å². The van der Waals surface area contributed by atoms with E-state index in [1.807, 2.05) is 74.8 Å². The molecule has 0 saturated carbocycles. The number of esters is 1. The molecule has 6 rings (SSSR count). The Morgan fingerprint density at radius 1 is 0.921 bits per heavy atom. The molecule has 194 valence electrons. The number of ether oxygens (including phenoxy) is 2. The minimum Gasteiger partial charge on any atom is -0.463 e. The summed E-state index contributed by atoms with van der Waals surface area (Å²) in [4.78, 5) is 38.6. The van der Waals surface area contributed by atoms with Crippen LogP contribution in [0.2, 0.25) is 0 Å². The zero-order chi connectivity index (χ0) is 26.4. The van der Waals surface area contributed by atoms with Gasteiger partial charge in [-0.25, -0.2) is 0 Å². The molecular weight excluding hydrogens is 482 g/mol. The van der Waals surface area contributed by atoms with Crippen LogP contribution in [0.25, 0.3) is 33.0 Å². The molecule has 1 atom stereocenters. The molecule has 4 heterocycles. The SMILES string of the molecule is CC(C)C(=O)OC[C@@H]1CCn2cc(c3ccccc32)C2=C(C(=O)NC2=O)c2cn(c3ccccc23)CCO1. The van der Waals surface area contributed by atoms with Crippen LogP contribution in [0, 0.1) is 5.92 Å². The number of aromatic nitrogens is 2. The van der Waals surface area contributed by atoms with Gasteiger partial charge in [0.15, 0.2) is 0 Å². The van der Waals surface area contributed by atoms with Crippen molar-refractivity contribution >= 4 is 50.7 Å². The monoisotopic (exact) mass is 511 g/mol. The first-order valence-electron chi connectivity index (χ1n) is 13.0. The Morgan fingerprint density at radius 3 is 2.05 bits per heavy atom. The van der Waals surface area contributed by atoms with Crippen molar-refractivity contribution in [3.8, 4) is 0 Å². The molecule has 4 bridgehead atoms. The van der Waals surface area contributed by atoms with E-state index in [2.05, 4.69) is 14.5 Å². The van der Waals surface area contributed by atoms with Crippen LogP contribution in [0.4, 0.5) is 0 Å². The lowest BCUT2D eigenvalue weighted by molar-refractivity contribution is -0.152. The number of carbonyl (C=O) groups excluding carboxylic acids is 3. The maximum absolute atomic E-state index is 13.2. The molecule has 0 unspecified atom stereocenters. The Hall–Kier alpha value is -4.17. The molecule has 1 N–H and O–H groups in total. The van der Waals surface area contributed by atoms with Crippen LogP contribution in [0.1, 0.15) is 31.4 Å². The fraction of sp³-hybridized carbons (Fsp3) is 0.300. The number of rotatable bonds is 3. The molecule has 0 radical (unpaired) electrons. The van der Waals surface area contributed by atoms with Gasteiger partial charge in [-0.2, -0.15) is 0 Å². The summed E-state index contributed by atoms with van der Waals surface area (Å²) in [7, 11) is 0. The second-order valence-corrected chi connectivity index (χ2v) is 10.1. The smallest absolute Gasteiger partial charge is 0.308 e. The highest BCUT2D eigenvalue weighted by atomic mass is 16.6. The van der Waals surface area contributed by atoms with Crippen LogP contribution in [0.15, 0.2) is 60.9 Å². The molecule has 8 nitrogen and oxygen atoms in total. The lowest BCUT2D eigenvalue weighted by Gasteiger charge is -2.20. The third-order valence-corrected chi connectivity index (χ3v) is 7.31. The van der Waals surface area contributed by atoms with Crippen LogP contribution in [-0.4, -0.2) is 46.2 Å². The number of benzene rings is 2. The average Bonchev–Trinajstić information content (AvgIpc) is 3.55. The van der Waals surface area contributed by atoms with Gasteiger partial charge >= 0.3 is 5.97 Å². The first kappa shape index (κ1) is 24.2. The summed E-state index contributed by atoms with van der Waals surface area (Å²) in [6.45, 7) is 5.33. The number of hydrogen-bond donors (Lipinski definition) is 1. The summed E-state index contributed by atoms with van der Waals surface area (Å²) in [6, 6.07) is 15.7. The molecule has 38 heavy (non-hydrogen) atoms. The normalized spacial score (nSPS) is 18.1. The molecule has 0 fully saturated rings. The number of nitrogens with one attached hydrogen (secondary N) is 1. The number of hydrogen-bond acceptors (Lipinski definition) is 5. The van der Waals surface area contributed by atoms with E-state index in [9.17, 15) is 14.4 Å². The summed E-state index contributed by atoms with van der Waals surface area (Å²) < 4.78 is 15.9. The summed E-state index contributed by atoms with van der Waals surface area (Å²) in [5.74, 6) is -1.24. The second kappa shape index (κ2) is 9.61. The van der Waals surface area contributed by atoms with Crippen molar-refractivity contribution in [3.05, 3.63) is 72.1 Å². The Bertz CT molecular complexity index is 1620. The van der Waals surface area contributed by atoms with Crippen LogP contribution in [-0.2, 0) is 36.9 Å². The molecule has 0 aliphatic carbocycles. The number of aryl methyl sites for hydroxylation is 1. The third kappa shape index (κ3) is 4.11. The van der Waals surface area contributed by atoms with Gasteiger partial charge in [-0.15, -0.1) is 0 Å². The van der Waals surface area contributed by atoms with Crippen molar-refractivity contribution in [2.75, 3.05) is 13.2 Å². The van der Waals surface area contributed by atoms with Crippen molar-refractivity contribution in [2.45, 2.75) is 39.5 Å². The van der Waals surface area contributed by atoms with E-state index in [4.69, 9.17) is 9.47 Å². The summed E-state index contributed by atoms with van der Waals surface area (Å²) in [6.07, 6.45) is 4.19. The lowest BCUT2D eigenvalue weighted by atomic mass is 9.95. The maximum atomic E-state index is 13.2. The zero-order valence-corrected chi connectivity index (χ0v) is 21.4. The van der Waals surface area contributed by atoms with E-state index in [1.165, 1.54) is 0 Å². The molecular formula is C30H29N3O5. The van der Waals surface area contributed by atoms with E-state index in [1.54, 1.807) is 0 Å². The molecule has 2 aliphatic rings. The van der Waals surface area contributed by atoms with E-state index >= 15 is 0 Å². The molecule has 2 aromatic carbocycles. The summed E-state index contributed by atoms with van der Waals surface area (Å²) >= 11 is 0. The van der Waals surface area contributed by atoms with Gasteiger partial charge < -0.3 is 18.6 Å². The minimum absolute atomic E-state index is 0.174. The van der Waals surface area contributed by atoms with Crippen LogP contribution in [0.5, 0.6) is 0 Å². The number of fused-ring (bicyclic) bond motifs is 12. The van der Waals surface area contributed by atoms with E-state index < -0.39 is 5.91 Å². The Kier molecular flexibility index (Phi) is 6.12. The van der Waals surface area contributed by atoms with Crippen molar-refractivity contribution < 1.29 is 23.9 Å². The molecule has 2 amide bonds. The fourth-order valence-electron chi connectivity index (χ4n) is 5.39. The van der Waals surface area contributed by atoms with Crippen molar-refractivity contribution in [1.29, 1.82) is 0 Å². The minimum atomic E-state index is -0.390. The highest BCUT2D eigenvalue weighted by molar-refractivity contribution is 6.50.